The van der Waals surface area contributed by atoms with Crippen molar-refractivity contribution in [1.82, 2.24) is 0 Å². The van der Waals surface area contributed by atoms with Crippen molar-refractivity contribution in [2.75, 3.05) is 0 Å². The van der Waals surface area contributed by atoms with E-state index in [2.05, 4.69) is 0 Å². The van der Waals surface area contributed by atoms with E-state index in [1.165, 1.54) is 12.2 Å². The largest absolute Gasteiger partial charge is 0.478 e. The Kier molecular flexibility index (Phi) is 6.35. The van der Waals surface area contributed by atoms with Crippen molar-refractivity contribution in [3.8, 4) is 11.5 Å². The molecule has 0 fully saturated rings. The summed E-state index contributed by atoms with van der Waals surface area (Å²) in [4.78, 5) is 11.0. The molecule has 0 aliphatic heterocycles. The summed E-state index contributed by atoms with van der Waals surface area (Å²) in [6, 6.07) is 1.96. The molecule has 11 heteroatoms. The lowest BCUT2D eigenvalue weighted by Crippen LogP contribution is -2.13. The van der Waals surface area contributed by atoms with Crippen molar-refractivity contribution in [1.29, 1.82) is 0 Å². The van der Waals surface area contributed by atoms with Gasteiger partial charge in [-0.15, -0.1) is 0 Å². The summed E-state index contributed by atoms with van der Waals surface area (Å²) >= 11 is 0. The molecule has 1 aliphatic carbocycles. The average molecular weight is 476 g/mol. The van der Waals surface area contributed by atoms with Gasteiger partial charge in [0.05, 0.1) is 16.7 Å². The topological polar surface area (TPSA) is 46.5 Å². The smallest absolute Gasteiger partial charge is 0.417 e. The summed E-state index contributed by atoms with van der Waals surface area (Å²) < 4.78 is 113. The van der Waals surface area contributed by atoms with Gasteiger partial charge in [0.1, 0.15) is 11.6 Å². The van der Waals surface area contributed by atoms with Crippen LogP contribution in [-0.2, 0) is 17.1 Å². The van der Waals surface area contributed by atoms with Crippen LogP contribution in [0.4, 0.5) is 35.1 Å². The van der Waals surface area contributed by atoms with E-state index in [0.29, 0.717) is 6.07 Å². The molecule has 1 aliphatic rings. The Balaban J connectivity index is 2.21. The van der Waals surface area contributed by atoms with Crippen LogP contribution >= 0.6 is 0 Å². The third kappa shape index (κ3) is 5.60. The number of carboxylic acid groups (broad SMARTS) is 1. The van der Waals surface area contributed by atoms with E-state index in [1.807, 2.05) is 0 Å². The lowest BCUT2D eigenvalue weighted by Gasteiger charge is -2.19. The van der Waals surface area contributed by atoms with Crippen LogP contribution in [0.25, 0.3) is 6.08 Å². The number of benzene rings is 2. The fourth-order valence-corrected chi connectivity index (χ4v) is 2.95. The van der Waals surface area contributed by atoms with Crippen molar-refractivity contribution >= 4 is 12.0 Å². The van der Waals surface area contributed by atoms with Gasteiger partial charge in [-0.05, 0) is 48.4 Å². The number of alkyl halides is 6. The monoisotopic (exact) mass is 476 g/mol. The second-order valence-corrected chi connectivity index (χ2v) is 6.83. The predicted molar refractivity (Wildman–Crippen MR) is 100 cm³/mol. The zero-order valence-corrected chi connectivity index (χ0v) is 16.2. The molecule has 0 saturated heterocycles. The molecule has 33 heavy (non-hydrogen) atoms. The first-order valence-corrected chi connectivity index (χ1v) is 9.03. The Morgan fingerprint density at radius 2 is 1.64 bits per heavy atom. The van der Waals surface area contributed by atoms with Gasteiger partial charge in [-0.1, -0.05) is 12.2 Å². The van der Waals surface area contributed by atoms with Gasteiger partial charge in [0.25, 0.3) is 0 Å². The minimum atomic E-state index is -5.26. The standard InChI is InChI=1S/C22H12F8O3/c23-14-5-6-18(17(24)10-14)33-19-9-13(21(25,26)27)8-16(22(28,29)30)15(19)7-11-1-3-12(4-2-11)20(31)32/h1,3-10H,2H2,(H,31,32). The molecule has 2 aromatic rings. The maximum Gasteiger partial charge on any atom is 0.417 e. The highest BCUT2D eigenvalue weighted by molar-refractivity contribution is 5.90. The number of hydrogen-bond acceptors (Lipinski definition) is 2. The normalized spacial score (nSPS) is 15.5. The number of halogens is 8. The van der Waals surface area contributed by atoms with Crippen LogP contribution < -0.4 is 4.74 Å². The summed E-state index contributed by atoms with van der Waals surface area (Å²) in [5, 5.41) is 8.95. The van der Waals surface area contributed by atoms with Crippen molar-refractivity contribution in [2.45, 2.75) is 18.8 Å². The highest BCUT2D eigenvalue weighted by Crippen LogP contribution is 2.44. The molecule has 0 atom stereocenters. The highest BCUT2D eigenvalue weighted by atomic mass is 19.4. The third-order valence-electron chi connectivity index (χ3n) is 4.50. The van der Waals surface area contributed by atoms with Crippen LogP contribution in [0.1, 0.15) is 23.1 Å². The molecule has 0 saturated carbocycles. The molecule has 0 heterocycles. The molecule has 0 bridgehead atoms. The number of carbonyl (C=O) groups is 1. The quantitative estimate of drug-likeness (QED) is 0.477. The van der Waals surface area contributed by atoms with E-state index in [1.54, 1.807) is 0 Å². The molecule has 174 valence electrons. The Hall–Kier alpha value is -3.63. The Morgan fingerprint density at radius 3 is 2.15 bits per heavy atom. The van der Waals surface area contributed by atoms with Crippen LogP contribution in [0, 0.1) is 11.6 Å². The van der Waals surface area contributed by atoms with Crippen molar-refractivity contribution < 1.29 is 49.8 Å². The average Bonchev–Trinajstić information content (AvgIpc) is 2.69. The summed E-state index contributed by atoms with van der Waals surface area (Å²) in [6.45, 7) is 0. The van der Waals surface area contributed by atoms with Crippen LogP contribution in [0.3, 0.4) is 0 Å². The van der Waals surface area contributed by atoms with Crippen LogP contribution in [0.2, 0.25) is 0 Å². The maximum absolute atomic E-state index is 14.0. The number of rotatable bonds is 4. The molecular weight excluding hydrogens is 464 g/mol. The molecule has 0 unspecified atom stereocenters. The molecule has 0 aromatic heterocycles. The Labute approximate surface area is 180 Å². The fraction of sp³-hybridized carbons (Fsp3) is 0.136. The fourth-order valence-electron chi connectivity index (χ4n) is 2.95. The van der Waals surface area contributed by atoms with E-state index in [0.717, 1.165) is 24.3 Å². The summed E-state index contributed by atoms with van der Waals surface area (Å²) in [5.41, 5.74) is -4.24. The molecule has 1 N–H and O–H groups in total. The van der Waals surface area contributed by atoms with Crippen molar-refractivity contribution in [3.05, 3.63) is 88.0 Å². The lowest BCUT2D eigenvalue weighted by atomic mass is 9.95. The summed E-state index contributed by atoms with van der Waals surface area (Å²) in [7, 11) is 0. The Bertz CT molecular complexity index is 1190. The number of allylic oxidation sites excluding steroid dienone is 3. The van der Waals surface area contributed by atoms with Gasteiger partial charge >= 0.3 is 18.3 Å². The second kappa shape index (κ2) is 8.72. The molecule has 3 nitrogen and oxygen atoms in total. The van der Waals surface area contributed by atoms with Gasteiger partial charge in [0.15, 0.2) is 11.6 Å². The van der Waals surface area contributed by atoms with Gasteiger partial charge in [-0.2, -0.15) is 26.3 Å². The number of hydrogen-bond donors (Lipinski definition) is 1. The number of carboxylic acids is 1. The van der Waals surface area contributed by atoms with Gasteiger partial charge in [0, 0.05) is 11.6 Å². The van der Waals surface area contributed by atoms with Gasteiger partial charge in [-0.25, -0.2) is 13.6 Å². The summed E-state index contributed by atoms with van der Waals surface area (Å²) in [6.07, 6.45) is -6.22. The summed E-state index contributed by atoms with van der Waals surface area (Å²) in [5.74, 6) is -5.42. The highest BCUT2D eigenvalue weighted by Gasteiger charge is 2.40. The lowest BCUT2D eigenvalue weighted by molar-refractivity contribution is -0.143. The molecule has 2 aromatic carbocycles. The number of ether oxygens (including phenoxy) is 1. The predicted octanol–water partition coefficient (Wildman–Crippen LogP) is 7.15. The van der Waals surface area contributed by atoms with Crippen molar-refractivity contribution in [2.24, 2.45) is 0 Å². The first-order valence-electron chi connectivity index (χ1n) is 9.03. The van der Waals surface area contributed by atoms with Gasteiger partial charge in [-0.3, -0.25) is 0 Å². The second-order valence-electron chi connectivity index (χ2n) is 6.83. The van der Waals surface area contributed by atoms with Gasteiger partial charge < -0.3 is 9.84 Å². The third-order valence-corrected chi connectivity index (χ3v) is 4.50. The maximum atomic E-state index is 14.0. The zero-order valence-electron chi connectivity index (χ0n) is 16.2. The SMILES string of the molecule is O=C(O)C1=CCC(=Cc2c(Oc3ccc(F)cc3F)cc(C(F)(F)F)cc2C(F)(F)F)C=C1. The zero-order chi connectivity index (χ0) is 24.6. The molecule has 0 radical (unpaired) electrons. The minimum absolute atomic E-state index is 0.106. The minimum Gasteiger partial charge on any atom is -0.478 e. The molecule has 3 rings (SSSR count). The van der Waals surface area contributed by atoms with Crippen LogP contribution in [0.5, 0.6) is 11.5 Å². The van der Waals surface area contributed by atoms with Gasteiger partial charge in [0.2, 0.25) is 0 Å². The Morgan fingerprint density at radius 1 is 0.939 bits per heavy atom. The molecule has 0 amide bonds. The first-order chi connectivity index (χ1) is 15.3. The van der Waals surface area contributed by atoms with E-state index in [4.69, 9.17) is 9.84 Å². The van der Waals surface area contributed by atoms with Crippen molar-refractivity contribution in [3.63, 3.8) is 0 Å². The molecular formula is C22H12F8O3. The van der Waals surface area contributed by atoms with Crippen LogP contribution in [-0.4, -0.2) is 11.1 Å². The first kappa shape index (κ1) is 24.0. The van der Waals surface area contributed by atoms with Crippen LogP contribution in [0.15, 0.2) is 59.7 Å². The van der Waals surface area contributed by atoms with E-state index in [9.17, 15) is 39.9 Å². The number of aliphatic carboxylic acids is 1. The van der Waals surface area contributed by atoms with E-state index in [-0.39, 0.29) is 29.7 Å². The van der Waals surface area contributed by atoms with E-state index < -0.39 is 58.1 Å². The van der Waals surface area contributed by atoms with E-state index >= 15 is 0 Å². The molecule has 0 spiro atoms.